The predicted molar refractivity (Wildman–Crippen MR) is 41.1 cm³/mol. The Labute approximate surface area is 96.8 Å². The third-order valence-corrected chi connectivity index (χ3v) is 1.85. The SMILES string of the molecule is O[C@@H](c1ccccc1)[C@@H]1CO1.[Y]. The zero-order chi connectivity index (χ0) is 7.68. The van der Waals surface area contributed by atoms with Crippen molar-refractivity contribution < 1.29 is 42.6 Å². The molecule has 0 amide bonds. The number of benzene rings is 1. The molecule has 0 aliphatic carbocycles. The fraction of sp³-hybridized carbons (Fsp3) is 0.333. The van der Waals surface area contributed by atoms with Crippen LogP contribution in [0.15, 0.2) is 30.3 Å². The van der Waals surface area contributed by atoms with Crippen molar-refractivity contribution in [1.29, 1.82) is 0 Å². The van der Waals surface area contributed by atoms with Crippen LogP contribution in [-0.4, -0.2) is 17.8 Å². The van der Waals surface area contributed by atoms with Gasteiger partial charge in [-0.2, -0.15) is 0 Å². The maximum atomic E-state index is 9.54. The summed E-state index contributed by atoms with van der Waals surface area (Å²) in [6, 6.07) is 9.59. The zero-order valence-corrected chi connectivity index (χ0v) is 9.52. The van der Waals surface area contributed by atoms with E-state index in [0.717, 1.165) is 5.56 Å². The third kappa shape index (κ3) is 2.36. The van der Waals surface area contributed by atoms with Crippen LogP contribution in [0.3, 0.4) is 0 Å². The summed E-state index contributed by atoms with van der Waals surface area (Å²) in [7, 11) is 0. The van der Waals surface area contributed by atoms with Gasteiger partial charge >= 0.3 is 0 Å². The molecule has 2 atom stereocenters. The second-order valence-corrected chi connectivity index (χ2v) is 2.73. The van der Waals surface area contributed by atoms with E-state index in [-0.39, 0.29) is 38.8 Å². The van der Waals surface area contributed by atoms with Gasteiger partial charge in [0.15, 0.2) is 0 Å². The van der Waals surface area contributed by atoms with Crippen molar-refractivity contribution in [3.63, 3.8) is 0 Å². The van der Waals surface area contributed by atoms with Gasteiger partial charge in [0, 0.05) is 32.7 Å². The van der Waals surface area contributed by atoms with Gasteiger partial charge in [-0.15, -0.1) is 0 Å². The maximum Gasteiger partial charge on any atom is 0.111 e. The number of hydrogen-bond acceptors (Lipinski definition) is 2. The topological polar surface area (TPSA) is 32.8 Å². The first-order valence-electron chi connectivity index (χ1n) is 3.72. The number of ether oxygens (including phenoxy) is 1. The fourth-order valence-corrected chi connectivity index (χ4v) is 1.10. The second-order valence-electron chi connectivity index (χ2n) is 2.73. The zero-order valence-electron chi connectivity index (χ0n) is 6.68. The minimum absolute atomic E-state index is 0. The molecule has 61 valence electrons. The minimum Gasteiger partial charge on any atom is -0.386 e. The minimum atomic E-state index is -0.434. The van der Waals surface area contributed by atoms with Gasteiger partial charge < -0.3 is 9.84 Å². The maximum absolute atomic E-state index is 9.54. The summed E-state index contributed by atoms with van der Waals surface area (Å²) in [5.41, 5.74) is 0.940. The molecule has 0 aromatic heterocycles. The molecule has 1 aliphatic heterocycles. The van der Waals surface area contributed by atoms with Crippen LogP contribution in [0, 0.1) is 0 Å². The number of epoxide rings is 1. The number of aliphatic hydroxyl groups excluding tert-OH is 1. The van der Waals surface area contributed by atoms with Crippen molar-refractivity contribution >= 4 is 0 Å². The Balaban J connectivity index is 0.000000720. The molecule has 0 bridgehead atoms. The van der Waals surface area contributed by atoms with E-state index in [1.165, 1.54) is 0 Å². The van der Waals surface area contributed by atoms with Crippen molar-refractivity contribution in [1.82, 2.24) is 0 Å². The number of rotatable bonds is 2. The summed E-state index contributed by atoms with van der Waals surface area (Å²) in [6.07, 6.45) is -0.395. The van der Waals surface area contributed by atoms with Crippen molar-refractivity contribution in [2.24, 2.45) is 0 Å². The first kappa shape index (κ1) is 10.3. The van der Waals surface area contributed by atoms with Gasteiger partial charge in [0.05, 0.1) is 6.61 Å². The van der Waals surface area contributed by atoms with Crippen molar-refractivity contribution in [3.8, 4) is 0 Å². The predicted octanol–water partition coefficient (Wildman–Crippen LogP) is 1.12. The molecule has 0 saturated carbocycles. The average molecular weight is 239 g/mol. The molecule has 2 nitrogen and oxygen atoms in total. The summed E-state index contributed by atoms with van der Waals surface area (Å²) in [6.45, 7) is 0.691. The molecule has 1 aromatic rings. The first-order valence-corrected chi connectivity index (χ1v) is 3.72. The van der Waals surface area contributed by atoms with E-state index in [1.807, 2.05) is 30.3 Å². The average Bonchev–Trinajstić information content (AvgIpc) is 2.87. The molecule has 1 aliphatic rings. The van der Waals surface area contributed by atoms with Crippen molar-refractivity contribution in [2.75, 3.05) is 6.61 Å². The molecular formula is C9H10O2Y. The normalized spacial score (nSPS) is 22.6. The van der Waals surface area contributed by atoms with E-state index in [1.54, 1.807) is 0 Å². The van der Waals surface area contributed by atoms with Gasteiger partial charge in [-0.25, -0.2) is 0 Å². The molecule has 1 N–H and O–H groups in total. The molecule has 1 saturated heterocycles. The molecule has 0 spiro atoms. The molecule has 0 unspecified atom stereocenters. The Kier molecular flexibility index (Phi) is 3.85. The van der Waals surface area contributed by atoms with Crippen LogP contribution >= 0.6 is 0 Å². The number of hydrogen-bond donors (Lipinski definition) is 1. The number of aliphatic hydroxyl groups is 1. The fourth-order valence-electron chi connectivity index (χ4n) is 1.10. The van der Waals surface area contributed by atoms with E-state index < -0.39 is 6.10 Å². The standard InChI is InChI=1S/C9H10O2.Y/c10-9(8-6-11-8)7-4-2-1-3-5-7;/h1-5,8-10H,6H2;/t8-,9-;/m0./s1. The van der Waals surface area contributed by atoms with Crippen LogP contribution in [0.2, 0.25) is 0 Å². The van der Waals surface area contributed by atoms with Gasteiger partial charge in [-0.1, -0.05) is 30.3 Å². The van der Waals surface area contributed by atoms with Gasteiger partial charge in [-0.05, 0) is 5.56 Å². The summed E-state index contributed by atoms with van der Waals surface area (Å²) >= 11 is 0. The van der Waals surface area contributed by atoms with Crippen LogP contribution in [0.4, 0.5) is 0 Å². The Morgan fingerprint density at radius 2 is 1.92 bits per heavy atom. The third-order valence-electron chi connectivity index (χ3n) is 1.85. The van der Waals surface area contributed by atoms with Gasteiger partial charge in [0.2, 0.25) is 0 Å². The molecule has 3 heteroatoms. The van der Waals surface area contributed by atoms with Crippen molar-refractivity contribution in [2.45, 2.75) is 12.2 Å². The van der Waals surface area contributed by atoms with Crippen LogP contribution in [-0.2, 0) is 37.4 Å². The van der Waals surface area contributed by atoms with E-state index in [4.69, 9.17) is 4.74 Å². The Morgan fingerprint density at radius 1 is 1.33 bits per heavy atom. The van der Waals surface area contributed by atoms with Crippen LogP contribution < -0.4 is 0 Å². The van der Waals surface area contributed by atoms with Crippen LogP contribution in [0.1, 0.15) is 11.7 Å². The Morgan fingerprint density at radius 3 is 2.42 bits per heavy atom. The molecule has 1 aromatic carbocycles. The molecular weight excluding hydrogens is 229 g/mol. The van der Waals surface area contributed by atoms with Gasteiger partial charge in [0.1, 0.15) is 12.2 Å². The summed E-state index contributed by atoms with van der Waals surface area (Å²) in [4.78, 5) is 0. The summed E-state index contributed by atoms with van der Waals surface area (Å²) in [5.74, 6) is 0. The largest absolute Gasteiger partial charge is 0.386 e. The monoisotopic (exact) mass is 239 g/mol. The quantitative estimate of drug-likeness (QED) is 0.784. The molecule has 2 rings (SSSR count). The molecule has 1 fully saturated rings. The Hall–Kier alpha value is 0.244. The van der Waals surface area contributed by atoms with Crippen molar-refractivity contribution in [3.05, 3.63) is 35.9 Å². The van der Waals surface area contributed by atoms with Crippen LogP contribution in [0.5, 0.6) is 0 Å². The molecule has 1 radical (unpaired) electrons. The van der Waals surface area contributed by atoms with E-state index in [2.05, 4.69) is 0 Å². The molecule has 1 heterocycles. The van der Waals surface area contributed by atoms with Gasteiger partial charge in [-0.3, -0.25) is 0 Å². The van der Waals surface area contributed by atoms with E-state index in [0.29, 0.717) is 6.61 Å². The van der Waals surface area contributed by atoms with Crippen LogP contribution in [0.25, 0.3) is 0 Å². The molecule has 12 heavy (non-hydrogen) atoms. The summed E-state index contributed by atoms with van der Waals surface area (Å²) < 4.78 is 4.97. The van der Waals surface area contributed by atoms with Gasteiger partial charge in [0.25, 0.3) is 0 Å². The van der Waals surface area contributed by atoms with E-state index in [9.17, 15) is 5.11 Å². The Bertz CT molecular complexity index is 234. The second kappa shape index (κ2) is 4.47. The van der Waals surface area contributed by atoms with E-state index >= 15 is 0 Å². The smallest absolute Gasteiger partial charge is 0.111 e. The summed E-state index contributed by atoms with van der Waals surface area (Å²) in [5, 5.41) is 9.54. The first-order chi connectivity index (χ1) is 5.38.